The Balaban J connectivity index is 2.04. The standard InChI is InChI=1S/C17H21BrN2O/c1-12-11-14(18)6-9-16(12)17(20-19)10-5-13-3-7-15(21-2)8-4-13/h3-4,6-9,11,17,20H,5,10,19H2,1-2H3. The lowest BCUT2D eigenvalue weighted by Crippen LogP contribution is -2.29. The van der Waals surface area contributed by atoms with Crippen LogP contribution in [-0.4, -0.2) is 7.11 Å². The number of hydrazine groups is 1. The lowest BCUT2D eigenvalue weighted by Gasteiger charge is -2.19. The Morgan fingerprint density at radius 1 is 1.19 bits per heavy atom. The summed E-state index contributed by atoms with van der Waals surface area (Å²) in [4.78, 5) is 0. The number of rotatable bonds is 6. The number of aryl methyl sites for hydroxylation is 2. The van der Waals surface area contributed by atoms with Gasteiger partial charge >= 0.3 is 0 Å². The van der Waals surface area contributed by atoms with Crippen LogP contribution in [0.15, 0.2) is 46.9 Å². The van der Waals surface area contributed by atoms with Crippen LogP contribution in [-0.2, 0) is 6.42 Å². The van der Waals surface area contributed by atoms with Gasteiger partial charge in [-0.1, -0.05) is 34.1 Å². The van der Waals surface area contributed by atoms with Crippen molar-refractivity contribution in [3.63, 3.8) is 0 Å². The van der Waals surface area contributed by atoms with E-state index < -0.39 is 0 Å². The third-order valence-corrected chi connectivity index (χ3v) is 4.18. The van der Waals surface area contributed by atoms with E-state index in [0.29, 0.717) is 0 Å². The van der Waals surface area contributed by atoms with Gasteiger partial charge in [0, 0.05) is 10.5 Å². The molecule has 0 saturated heterocycles. The number of nitrogens with two attached hydrogens (primary N) is 1. The highest BCUT2D eigenvalue weighted by atomic mass is 79.9. The van der Waals surface area contributed by atoms with Crippen molar-refractivity contribution < 1.29 is 4.74 Å². The highest BCUT2D eigenvalue weighted by molar-refractivity contribution is 9.10. The molecule has 112 valence electrons. The Morgan fingerprint density at radius 2 is 1.90 bits per heavy atom. The van der Waals surface area contributed by atoms with Gasteiger partial charge < -0.3 is 4.74 Å². The fourth-order valence-corrected chi connectivity index (χ4v) is 2.94. The molecule has 0 heterocycles. The Labute approximate surface area is 134 Å². The van der Waals surface area contributed by atoms with E-state index in [1.807, 2.05) is 12.1 Å². The molecule has 2 aromatic carbocycles. The summed E-state index contributed by atoms with van der Waals surface area (Å²) in [5, 5.41) is 0. The van der Waals surface area contributed by atoms with Crippen LogP contribution in [0.5, 0.6) is 5.75 Å². The second-order valence-corrected chi connectivity index (χ2v) is 6.02. The molecule has 0 radical (unpaired) electrons. The van der Waals surface area contributed by atoms with Gasteiger partial charge in [0.2, 0.25) is 0 Å². The second-order valence-electron chi connectivity index (χ2n) is 5.11. The summed E-state index contributed by atoms with van der Waals surface area (Å²) in [5.41, 5.74) is 6.70. The number of hydrogen-bond acceptors (Lipinski definition) is 3. The Kier molecular flexibility index (Phi) is 5.79. The van der Waals surface area contributed by atoms with Crippen molar-refractivity contribution in [1.29, 1.82) is 0 Å². The smallest absolute Gasteiger partial charge is 0.118 e. The van der Waals surface area contributed by atoms with E-state index in [-0.39, 0.29) is 6.04 Å². The van der Waals surface area contributed by atoms with Gasteiger partial charge in [-0.25, -0.2) is 0 Å². The molecular formula is C17H21BrN2O. The SMILES string of the molecule is COc1ccc(CCC(NN)c2ccc(Br)cc2C)cc1. The number of methoxy groups -OCH3 is 1. The van der Waals surface area contributed by atoms with E-state index in [4.69, 9.17) is 10.6 Å². The zero-order chi connectivity index (χ0) is 15.2. The van der Waals surface area contributed by atoms with Gasteiger partial charge in [0.1, 0.15) is 5.75 Å². The molecule has 21 heavy (non-hydrogen) atoms. The molecule has 0 amide bonds. The average molecular weight is 349 g/mol. The van der Waals surface area contributed by atoms with Crippen molar-refractivity contribution in [1.82, 2.24) is 5.43 Å². The first kappa shape index (κ1) is 16.0. The minimum absolute atomic E-state index is 0.153. The third kappa shape index (κ3) is 4.30. The van der Waals surface area contributed by atoms with Crippen LogP contribution in [0, 0.1) is 6.92 Å². The second kappa shape index (κ2) is 7.59. The average Bonchev–Trinajstić information content (AvgIpc) is 2.50. The number of benzene rings is 2. The molecule has 2 aromatic rings. The van der Waals surface area contributed by atoms with E-state index in [9.17, 15) is 0 Å². The fourth-order valence-electron chi connectivity index (χ4n) is 2.46. The van der Waals surface area contributed by atoms with Crippen molar-refractivity contribution in [3.8, 4) is 5.75 Å². The minimum Gasteiger partial charge on any atom is -0.497 e. The summed E-state index contributed by atoms with van der Waals surface area (Å²) in [5.74, 6) is 6.63. The van der Waals surface area contributed by atoms with Crippen LogP contribution in [0.3, 0.4) is 0 Å². The monoisotopic (exact) mass is 348 g/mol. The van der Waals surface area contributed by atoms with Crippen molar-refractivity contribution in [2.24, 2.45) is 5.84 Å². The van der Waals surface area contributed by atoms with Gasteiger partial charge in [0.25, 0.3) is 0 Å². The van der Waals surface area contributed by atoms with Gasteiger partial charge in [-0.15, -0.1) is 0 Å². The quantitative estimate of drug-likeness (QED) is 0.614. The molecule has 2 rings (SSSR count). The molecule has 0 aromatic heterocycles. The van der Waals surface area contributed by atoms with Crippen molar-refractivity contribution >= 4 is 15.9 Å². The molecule has 0 fully saturated rings. The molecule has 3 N–H and O–H groups in total. The maximum absolute atomic E-state index is 5.74. The van der Waals surface area contributed by atoms with E-state index in [0.717, 1.165) is 23.1 Å². The molecule has 0 spiro atoms. The Morgan fingerprint density at radius 3 is 2.48 bits per heavy atom. The molecule has 1 unspecified atom stereocenters. The Hall–Kier alpha value is -1.36. The lowest BCUT2D eigenvalue weighted by molar-refractivity contribution is 0.414. The first-order valence-electron chi connectivity index (χ1n) is 6.99. The first-order valence-corrected chi connectivity index (χ1v) is 7.78. The van der Waals surface area contributed by atoms with E-state index in [1.54, 1.807) is 7.11 Å². The predicted octanol–water partition coefficient (Wildman–Crippen LogP) is 3.90. The molecular weight excluding hydrogens is 328 g/mol. The largest absolute Gasteiger partial charge is 0.497 e. The zero-order valence-electron chi connectivity index (χ0n) is 12.4. The summed E-state index contributed by atoms with van der Waals surface area (Å²) in [7, 11) is 1.68. The van der Waals surface area contributed by atoms with Crippen molar-refractivity contribution in [3.05, 3.63) is 63.6 Å². The van der Waals surface area contributed by atoms with Crippen LogP contribution >= 0.6 is 15.9 Å². The number of halogens is 1. The van der Waals surface area contributed by atoms with Gasteiger partial charge in [0.15, 0.2) is 0 Å². The molecule has 0 aliphatic carbocycles. The van der Waals surface area contributed by atoms with E-state index in [2.05, 4.69) is 58.6 Å². The van der Waals surface area contributed by atoms with E-state index in [1.165, 1.54) is 16.7 Å². The van der Waals surface area contributed by atoms with Crippen LogP contribution in [0.25, 0.3) is 0 Å². The molecule has 1 atom stereocenters. The van der Waals surface area contributed by atoms with Crippen molar-refractivity contribution in [2.45, 2.75) is 25.8 Å². The van der Waals surface area contributed by atoms with Gasteiger partial charge in [-0.3, -0.25) is 11.3 Å². The number of ether oxygens (including phenoxy) is 1. The van der Waals surface area contributed by atoms with Crippen LogP contribution in [0.4, 0.5) is 0 Å². The van der Waals surface area contributed by atoms with Crippen molar-refractivity contribution in [2.75, 3.05) is 7.11 Å². The minimum atomic E-state index is 0.153. The van der Waals surface area contributed by atoms with Crippen LogP contribution < -0.4 is 16.0 Å². The maximum atomic E-state index is 5.74. The van der Waals surface area contributed by atoms with Crippen LogP contribution in [0.2, 0.25) is 0 Å². The van der Waals surface area contributed by atoms with Gasteiger partial charge in [0.05, 0.1) is 7.11 Å². The van der Waals surface area contributed by atoms with E-state index >= 15 is 0 Å². The molecule has 4 heteroatoms. The molecule has 0 saturated carbocycles. The third-order valence-electron chi connectivity index (χ3n) is 3.69. The van der Waals surface area contributed by atoms with Gasteiger partial charge in [-0.05, 0) is 60.7 Å². The first-order chi connectivity index (χ1) is 10.1. The summed E-state index contributed by atoms with van der Waals surface area (Å²) in [6, 6.07) is 14.6. The van der Waals surface area contributed by atoms with Crippen LogP contribution in [0.1, 0.15) is 29.2 Å². The summed E-state index contributed by atoms with van der Waals surface area (Å²) in [6.07, 6.45) is 1.92. The molecule has 3 nitrogen and oxygen atoms in total. The molecule has 0 aliphatic heterocycles. The summed E-state index contributed by atoms with van der Waals surface area (Å²) >= 11 is 3.49. The lowest BCUT2D eigenvalue weighted by atomic mass is 9.96. The summed E-state index contributed by atoms with van der Waals surface area (Å²) < 4.78 is 6.27. The normalized spacial score (nSPS) is 12.2. The summed E-state index contributed by atoms with van der Waals surface area (Å²) in [6.45, 7) is 2.11. The topological polar surface area (TPSA) is 47.3 Å². The predicted molar refractivity (Wildman–Crippen MR) is 90.3 cm³/mol. The highest BCUT2D eigenvalue weighted by Crippen LogP contribution is 2.25. The molecule has 0 bridgehead atoms. The fraction of sp³-hybridized carbons (Fsp3) is 0.294. The maximum Gasteiger partial charge on any atom is 0.118 e. The molecule has 0 aliphatic rings. The van der Waals surface area contributed by atoms with Gasteiger partial charge in [-0.2, -0.15) is 0 Å². The Bertz CT molecular complexity index is 584. The number of nitrogens with one attached hydrogen (secondary N) is 1. The number of hydrogen-bond donors (Lipinski definition) is 2. The zero-order valence-corrected chi connectivity index (χ0v) is 14.0. The highest BCUT2D eigenvalue weighted by Gasteiger charge is 2.12.